The lowest BCUT2D eigenvalue weighted by Crippen LogP contribution is -2.38. The molecule has 0 radical (unpaired) electrons. The van der Waals surface area contributed by atoms with Crippen molar-refractivity contribution in [3.8, 4) is 10.6 Å². The molecule has 1 fully saturated rings. The third-order valence-electron chi connectivity index (χ3n) is 7.59. The van der Waals surface area contributed by atoms with E-state index in [2.05, 4.69) is 28.2 Å². The Bertz CT molecular complexity index is 1500. The van der Waals surface area contributed by atoms with Crippen LogP contribution in [0, 0.1) is 5.92 Å². The van der Waals surface area contributed by atoms with Crippen LogP contribution in [0.3, 0.4) is 0 Å². The Kier molecular flexibility index (Phi) is 7.22. The Hall–Kier alpha value is -2.79. The SMILES string of the molecule is O[C@@H]1C[C@@H](C2=CCCN(CC(F)(F)F)C2)C[C@H]1n1cc(-c2nc(Cc3ccccc3)cs2)c2cnc(Cl)nc21. The molecule has 4 aromatic rings. The second kappa shape index (κ2) is 10.6. The monoisotopic (exact) mass is 573 g/mol. The van der Waals surface area contributed by atoms with Gasteiger partial charge in [-0.2, -0.15) is 18.2 Å². The van der Waals surface area contributed by atoms with Crippen LogP contribution in [0.15, 0.2) is 59.8 Å². The van der Waals surface area contributed by atoms with Crippen LogP contribution in [-0.4, -0.2) is 61.4 Å². The number of hydrogen-bond acceptors (Lipinski definition) is 6. The van der Waals surface area contributed by atoms with Gasteiger partial charge in [0.15, 0.2) is 0 Å². The zero-order chi connectivity index (χ0) is 27.1. The molecule has 0 unspecified atom stereocenters. The largest absolute Gasteiger partial charge is 0.401 e. The van der Waals surface area contributed by atoms with Crippen LogP contribution in [0.2, 0.25) is 5.28 Å². The predicted octanol–water partition coefficient (Wildman–Crippen LogP) is 6.31. The van der Waals surface area contributed by atoms with E-state index in [1.54, 1.807) is 17.5 Å². The Morgan fingerprint density at radius 2 is 1.95 bits per heavy atom. The fourth-order valence-corrected chi connectivity index (χ4v) is 6.83. The van der Waals surface area contributed by atoms with Gasteiger partial charge < -0.3 is 9.67 Å². The van der Waals surface area contributed by atoms with E-state index in [-0.39, 0.29) is 23.8 Å². The van der Waals surface area contributed by atoms with Crippen LogP contribution in [0.1, 0.15) is 36.6 Å². The summed E-state index contributed by atoms with van der Waals surface area (Å²) >= 11 is 7.73. The van der Waals surface area contributed by atoms with Crippen molar-refractivity contribution in [1.29, 1.82) is 0 Å². The summed E-state index contributed by atoms with van der Waals surface area (Å²) in [5.74, 6) is -0.00317. The number of benzene rings is 1. The Labute approximate surface area is 232 Å². The summed E-state index contributed by atoms with van der Waals surface area (Å²) in [6, 6.07) is 9.86. The van der Waals surface area contributed by atoms with Gasteiger partial charge in [0.1, 0.15) is 10.7 Å². The first-order valence-electron chi connectivity index (χ1n) is 12.9. The molecule has 6 nitrogen and oxygen atoms in total. The van der Waals surface area contributed by atoms with Gasteiger partial charge in [0.2, 0.25) is 5.28 Å². The standard InChI is InChI=1S/C28H27ClF3N5OS/c29-27-33-12-21-22(26-34-20(15-39-26)9-17-5-2-1-3-6-17)14-37(25(21)35-27)23-10-19(11-24(23)38)18-7-4-8-36(13-18)16-28(30,31)32/h1-3,5-7,12,14-15,19,23-24,38H,4,8-11,13,16H2/t19-,23+,24+/m0/s1. The van der Waals surface area contributed by atoms with E-state index in [1.165, 1.54) is 10.5 Å². The van der Waals surface area contributed by atoms with Gasteiger partial charge in [0, 0.05) is 48.2 Å². The average molecular weight is 574 g/mol. The topological polar surface area (TPSA) is 67.1 Å². The number of aromatic nitrogens is 4. The number of aliphatic hydroxyl groups is 1. The van der Waals surface area contributed by atoms with E-state index < -0.39 is 18.8 Å². The molecule has 3 aromatic heterocycles. The fraction of sp³-hybridized carbons (Fsp3) is 0.393. The number of aliphatic hydroxyl groups excluding tert-OH is 1. The Morgan fingerprint density at radius 3 is 2.74 bits per heavy atom. The highest BCUT2D eigenvalue weighted by Crippen LogP contribution is 2.43. The molecule has 204 valence electrons. The summed E-state index contributed by atoms with van der Waals surface area (Å²) in [5.41, 5.74) is 4.60. The first-order chi connectivity index (χ1) is 18.7. The molecular weight excluding hydrogens is 547 g/mol. The minimum absolute atomic E-state index is 0.00317. The second-order valence-electron chi connectivity index (χ2n) is 10.3. The molecule has 0 spiro atoms. The van der Waals surface area contributed by atoms with Gasteiger partial charge in [-0.25, -0.2) is 9.97 Å². The van der Waals surface area contributed by atoms with Crippen molar-refractivity contribution in [1.82, 2.24) is 24.4 Å². The van der Waals surface area contributed by atoms with Crippen molar-refractivity contribution in [2.24, 2.45) is 5.92 Å². The van der Waals surface area contributed by atoms with Crippen molar-refractivity contribution < 1.29 is 18.3 Å². The van der Waals surface area contributed by atoms with Crippen LogP contribution in [0.5, 0.6) is 0 Å². The minimum Gasteiger partial charge on any atom is -0.391 e. The van der Waals surface area contributed by atoms with Crippen molar-refractivity contribution in [3.63, 3.8) is 0 Å². The summed E-state index contributed by atoms with van der Waals surface area (Å²) in [6.07, 6.45) is 3.20. The number of fused-ring (bicyclic) bond motifs is 1. The molecule has 6 rings (SSSR count). The molecule has 1 saturated carbocycles. The lowest BCUT2D eigenvalue weighted by atomic mass is 9.93. The molecular formula is C28H27ClF3N5OS. The number of hydrogen-bond donors (Lipinski definition) is 1. The molecule has 1 aromatic carbocycles. The summed E-state index contributed by atoms with van der Waals surface area (Å²) in [5, 5.41) is 14.9. The van der Waals surface area contributed by atoms with Crippen LogP contribution in [-0.2, 0) is 6.42 Å². The molecule has 2 aliphatic rings. The van der Waals surface area contributed by atoms with Crippen molar-refractivity contribution in [2.45, 2.75) is 44.0 Å². The molecule has 11 heteroatoms. The van der Waals surface area contributed by atoms with E-state index in [1.807, 2.05) is 34.3 Å². The fourth-order valence-electron chi connectivity index (χ4n) is 5.86. The van der Waals surface area contributed by atoms with Gasteiger partial charge in [0.25, 0.3) is 0 Å². The normalized spacial score (nSPS) is 22.5. The zero-order valence-corrected chi connectivity index (χ0v) is 22.6. The van der Waals surface area contributed by atoms with Crippen molar-refractivity contribution >= 4 is 34.0 Å². The lowest BCUT2D eigenvalue weighted by molar-refractivity contribution is -0.145. The minimum atomic E-state index is -4.23. The molecule has 0 bridgehead atoms. The van der Waals surface area contributed by atoms with Gasteiger partial charge in [-0.1, -0.05) is 42.0 Å². The molecule has 0 amide bonds. The van der Waals surface area contributed by atoms with Gasteiger partial charge in [-0.15, -0.1) is 11.3 Å². The number of nitrogens with zero attached hydrogens (tertiary/aromatic N) is 5. The highest BCUT2D eigenvalue weighted by Gasteiger charge is 2.39. The first kappa shape index (κ1) is 26.4. The third kappa shape index (κ3) is 5.75. The maximum absolute atomic E-state index is 13.0. The van der Waals surface area contributed by atoms with Crippen molar-refractivity contribution in [3.05, 3.63) is 76.3 Å². The van der Waals surface area contributed by atoms with Gasteiger partial charge in [-0.3, -0.25) is 4.90 Å². The van der Waals surface area contributed by atoms with Crippen LogP contribution < -0.4 is 0 Å². The second-order valence-corrected chi connectivity index (χ2v) is 11.5. The molecule has 1 N–H and O–H groups in total. The molecule has 1 aliphatic heterocycles. The molecule has 3 atom stereocenters. The number of halogens is 4. The third-order valence-corrected chi connectivity index (χ3v) is 8.70. The summed E-state index contributed by atoms with van der Waals surface area (Å²) in [6.45, 7) is -0.245. The summed E-state index contributed by atoms with van der Waals surface area (Å²) < 4.78 is 40.9. The quantitative estimate of drug-likeness (QED) is 0.216. The molecule has 1 aliphatic carbocycles. The van der Waals surface area contributed by atoms with E-state index in [0.717, 1.165) is 33.6 Å². The maximum atomic E-state index is 13.0. The highest BCUT2D eigenvalue weighted by molar-refractivity contribution is 7.13. The number of alkyl halides is 3. The molecule has 39 heavy (non-hydrogen) atoms. The van der Waals surface area contributed by atoms with Crippen LogP contribution in [0.25, 0.3) is 21.6 Å². The lowest BCUT2D eigenvalue weighted by Gasteiger charge is -2.30. The highest BCUT2D eigenvalue weighted by atomic mass is 35.5. The summed E-state index contributed by atoms with van der Waals surface area (Å²) in [7, 11) is 0. The number of thiazole rings is 1. The van der Waals surface area contributed by atoms with Gasteiger partial charge in [0.05, 0.1) is 24.4 Å². The van der Waals surface area contributed by atoms with Crippen molar-refractivity contribution in [2.75, 3.05) is 19.6 Å². The van der Waals surface area contributed by atoms with Gasteiger partial charge in [-0.05, 0) is 42.3 Å². The van der Waals surface area contributed by atoms with E-state index in [0.29, 0.717) is 31.5 Å². The van der Waals surface area contributed by atoms with E-state index in [9.17, 15) is 18.3 Å². The number of rotatable bonds is 6. The van der Waals surface area contributed by atoms with Crippen LogP contribution in [0.4, 0.5) is 13.2 Å². The predicted molar refractivity (Wildman–Crippen MR) is 146 cm³/mol. The smallest absolute Gasteiger partial charge is 0.391 e. The Morgan fingerprint density at radius 1 is 1.13 bits per heavy atom. The maximum Gasteiger partial charge on any atom is 0.401 e. The van der Waals surface area contributed by atoms with E-state index >= 15 is 0 Å². The zero-order valence-electron chi connectivity index (χ0n) is 21.0. The van der Waals surface area contributed by atoms with E-state index in [4.69, 9.17) is 16.6 Å². The Balaban J connectivity index is 1.27. The molecule has 0 saturated heterocycles. The van der Waals surface area contributed by atoms with Crippen LogP contribution >= 0.6 is 22.9 Å². The average Bonchev–Trinajstić information content (AvgIpc) is 3.60. The molecule has 4 heterocycles. The first-order valence-corrected chi connectivity index (χ1v) is 14.2. The summed E-state index contributed by atoms with van der Waals surface area (Å²) in [4.78, 5) is 15.0. The van der Waals surface area contributed by atoms with Gasteiger partial charge >= 0.3 is 6.18 Å².